The lowest BCUT2D eigenvalue weighted by Crippen LogP contribution is -2.22. The Labute approximate surface area is 149 Å². The van der Waals surface area contributed by atoms with Gasteiger partial charge < -0.3 is 4.74 Å². The Balaban J connectivity index is 1.74. The second-order valence-electron chi connectivity index (χ2n) is 5.96. The number of carbonyl (C=O) groups excluding carboxylic acids is 1. The number of aromatic nitrogens is 4. The van der Waals surface area contributed by atoms with E-state index < -0.39 is 0 Å². The van der Waals surface area contributed by atoms with E-state index in [0.29, 0.717) is 22.9 Å². The van der Waals surface area contributed by atoms with E-state index in [2.05, 4.69) is 22.0 Å². The monoisotopic (exact) mass is 354 g/mol. The second kappa shape index (κ2) is 6.48. The first-order chi connectivity index (χ1) is 12.2. The van der Waals surface area contributed by atoms with Crippen molar-refractivity contribution in [1.29, 1.82) is 0 Å². The summed E-state index contributed by atoms with van der Waals surface area (Å²) in [5, 5.41) is 5.24. The van der Waals surface area contributed by atoms with Gasteiger partial charge in [0.05, 0.1) is 18.4 Å². The van der Waals surface area contributed by atoms with Crippen molar-refractivity contribution in [3.8, 4) is 5.75 Å². The van der Waals surface area contributed by atoms with Crippen molar-refractivity contribution in [3.05, 3.63) is 47.3 Å². The molecule has 2 aromatic heterocycles. The molecule has 0 saturated carbocycles. The highest BCUT2D eigenvalue weighted by Crippen LogP contribution is 2.33. The summed E-state index contributed by atoms with van der Waals surface area (Å²) in [5.74, 6) is 2.50. The third-order valence-corrected chi connectivity index (χ3v) is 5.20. The molecular weight excluding hydrogens is 336 g/mol. The van der Waals surface area contributed by atoms with Crippen LogP contribution in [0.1, 0.15) is 40.9 Å². The van der Waals surface area contributed by atoms with Crippen LogP contribution >= 0.6 is 11.8 Å². The molecule has 1 aliphatic carbocycles. The third-order valence-electron chi connectivity index (χ3n) is 4.48. The standard InChI is InChI=1S/C18H18N4O2S/c1-3-25-18-20-17-19-10-14-15(22(17)21-18)8-12(9-16(14)23)11-4-6-13(24-2)7-5-11/h4-7,10,12H,3,8-9H2,1-2H3. The summed E-state index contributed by atoms with van der Waals surface area (Å²) < 4.78 is 6.95. The maximum atomic E-state index is 12.6. The largest absolute Gasteiger partial charge is 0.497 e. The van der Waals surface area contributed by atoms with Gasteiger partial charge >= 0.3 is 0 Å². The first kappa shape index (κ1) is 16.1. The predicted molar refractivity (Wildman–Crippen MR) is 95.6 cm³/mol. The van der Waals surface area contributed by atoms with Crippen molar-refractivity contribution in [2.45, 2.75) is 30.8 Å². The molecule has 1 aromatic carbocycles. The molecule has 6 nitrogen and oxygen atoms in total. The Morgan fingerprint density at radius 1 is 1.28 bits per heavy atom. The molecule has 0 amide bonds. The van der Waals surface area contributed by atoms with Crippen LogP contribution in [0.15, 0.2) is 35.6 Å². The number of benzene rings is 1. The summed E-state index contributed by atoms with van der Waals surface area (Å²) in [5.41, 5.74) is 2.70. The molecule has 0 fully saturated rings. The molecule has 0 saturated heterocycles. The lowest BCUT2D eigenvalue weighted by atomic mass is 9.82. The van der Waals surface area contributed by atoms with Gasteiger partial charge in [-0.2, -0.15) is 9.50 Å². The molecule has 1 atom stereocenters. The van der Waals surface area contributed by atoms with Crippen molar-refractivity contribution >= 4 is 23.3 Å². The van der Waals surface area contributed by atoms with Crippen molar-refractivity contribution in [1.82, 2.24) is 19.6 Å². The van der Waals surface area contributed by atoms with Crippen molar-refractivity contribution < 1.29 is 9.53 Å². The molecule has 2 heterocycles. The molecule has 3 aromatic rings. The van der Waals surface area contributed by atoms with Crippen molar-refractivity contribution in [2.75, 3.05) is 12.9 Å². The number of hydrogen-bond acceptors (Lipinski definition) is 6. The first-order valence-electron chi connectivity index (χ1n) is 8.24. The normalized spacial score (nSPS) is 16.9. The van der Waals surface area contributed by atoms with E-state index in [1.54, 1.807) is 29.6 Å². The van der Waals surface area contributed by atoms with E-state index in [1.165, 1.54) is 0 Å². The molecule has 7 heteroatoms. The van der Waals surface area contributed by atoms with Gasteiger partial charge in [0.15, 0.2) is 5.78 Å². The van der Waals surface area contributed by atoms with Gasteiger partial charge in [0, 0.05) is 12.6 Å². The summed E-state index contributed by atoms with van der Waals surface area (Å²) in [6.45, 7) is 2.06. The Hall–Kier alpha value is -2.41. The van der Waals surface area contributed by atoms with E-state index >= 15 is 0 Å². The van der Waals surface area contributed by atoms with Crippen LogP contribution in [0, 0.1) is 0 Å². The second-order valence-corrected chi connectivity index (χ2v) is 7.19. The first-order valence-corrected chi connectivity index (χ1v) is 9.22. The van der Waals surface area contributed by atoms with Gasteiger partial charge in [-0.05, 0) is 35.8 Å². The number of fused-ring (bicyclic) bond motifs is 3. The highest BCUT2D eigenvalue weighted by molar-refractivity contribution is 7.99. The third kappa shape index (κ3) is 2.89. The van der Waals surface area contributed by atoms with E-state index in [9.17, 15) is 4.79 Å². The molecule has 0 spiro atoms. The quantitative estimate of drug-likeness (QED) is 0.670. The molecular formula is C18H18N4O2S. The van der Waals surface area contributed by atoms with E-state index in [4.69, 9.17) is 4.74 Å². The van der Waals surface area contributed by atoms with Crippen molar-refractivity contribution in [2.24, 2.45) is 0 Å². The molecule has 128 valence electrons. The fourth-order valence-corrected chi connectivity index (χ4v) is 3.78. The zero-order chi connectivity index (χ0) is 17.4. The topological polar surface area (TPSA) is 69.4 Å². The number of ketones is 1. The van der Waals surface area contributed by atoms with Gasteiger partial charge in [0.1, 0.15) is 5.75 Å². The van der Waals surface area contributed by atoms with Gasteiger partial charge in [0.2, 0.25) is 5.16 Å². The fraction of sp³-hybridized carbons (Fsp3) is 0.333. The Kier molecular flexibility index (Phi) is 4.17. The molecule has 4 rings (SSSR count). The number of thioether (sulfide) groups is 1. The van der Waals surface area contributed by atoms with Gasteiger partial charge in [-0.3, -0.25) is 4.79 Å². The number of methoxy groups -OCH3 is 1. The Morgan fingerprint density at radius 2 is 2.08 bits per heavy atom. The molecule has 1 aliphatic rings. The zero-order valence-electron chi connectivity index (χ0n) is 14.1. The predicted octanol–water partition coefficient (Wildman–Crippen LogP) is 3.16. The maximum absolute atomic E-state index is 12.6. The summed E-state index contributed by atoms with van der Waals surface area (Å²) in [6.07, 6.45) is 2.87. The lowest BCUT2D eigenvalue weighted by Gasteiger charge is -2.24. The highest BCUT2D eigenvalue weighted by Gasteiger charge is 2.29. The SMILES string of the molecule is CCSc1nc2ncc3c(n2n1)CC(c1ccc(OC)cc1)CC3=O. The van der Waals surface area contributed by atoms with Gasteiger partial charge in [-0.15, -0.1) is 5.10 Å². The van der Waals surface area contributed by atoms with Gasteiger partial charge in [-0.1, -0.05) is 30.8 Å². The van der Waals surface area contributed by atoms with Crippen LogP contribution in [0.5, 0.6) is 5.75 Å². The molecule has 0 radical (unpaired) electrons. The Morgan fingerprint density at radius 3 is 2.80 bits per heavy atom. The minimum atomic E-state index is 0.108. The molecule has 0 aliphatic heterocycles. The van der Waals surface area contributed by atoms with Crippen LogP contribution in [-0.2, 0) is 6.42 Å². The average Bonchev–Trinajstić information content (AvgIpc) is 3.05. The number of Topliss-reactive ketones (excluding diaryl/α,β-unsaturated/α-hetero) is 1. The molecule has 0 bridgehead atoms. The van der Waals surface area contributed by atoms with E-state index in [-0.39, 0.29) is 11.7 Å². The minimum absolute atomic E-state index is 0.108. The maximum Gasteiger partial charge on any atom is 0.253 e. The van der Waals surface area contributed by atoms with E-state index in [1.807, 2.05) is 24.3 Å². The molecule has 0 N–H and O–H groups in total. The number of carbonyl (C=O) groups is 1. The minimum Gasteiger partial charge on any atom is -0.497 e. The molecule has 25 heavy (non-hydrogen) atoms. The Bertz CT molecular complexity index is 936. The average molecular weight is 354 g/mol. The smallest absolute Gasteiger partial charge is 0.253 e. The fourth-order valence-electron chi connectivity index (χ4n) is 3.23. The number of ether oxygens (including phenoxy) is 1. The van der Waals surface area contributed by atoms with Crippen LogP contribution in [-0.4, -0.2) is 38.2 Å². The summed E-state index contributed by atoms with van der Waals surface area (Å²) in [7, 11) is 1.65. The number of rotatable bonds is 4. The van der Waals surface area contributed by atoms with E-state index in [0.717, 1.165) is 29.2 Å². The summed E-state index contributed by atoms with van der Waals surface area (Å²) >= 11 is 1.57. The lowest BCUT2D eigenvalue weighted by molar-refractivity contribution is 0.0962. The van der Waals surface area contributed by atoms with Crippen LogP contribution < -0.4 is 4.74 Å². The highest BCUT2D eigenvalue weighted by atomic mass is 32.2. The van der Waals surface area contributed by atoms with Crippen molar-refractivity contribution in [3.63, 3.8) is 0 Å². The van der Waals surface area contributed by atoms with Crippen LogP contribution in [0.25, 0.3) is 5.78 Å². The summed E-state index contributed by atoms with van der Waals surface area (Å²) in [4.78, 5) is 21.4. The van der Waals surface area contributed by atoms with Crippen LogP contribution in [0.4, 0.5) is 0 Å². The molecule has 1 unspecified atom stereocenters. The summed E-state index contributed by atoms with van der Waals surface area (Å²) in [6, 6.07) is 7.92. The van der Waals surface area contributed by atoms with Gasteiger partial charge in [0.25, 0.3) is 5.78 Å². The van der Waals surface area contributed by atoms with Crippen LogP contribution in [0.3, 0.4) is 0 Å². The number of hydrogen-bond donors (Lipinski definition) is 0. The zero-order valence-corrected chi connectivity index (χ0v) is 14.9. The van der Waals surface area contributed by atoms with Gasteiger partial charge in [-0.25, -0.2) is 4.98 Å². The number of nitrogens with zero attached hydrogens (tertiary/aromatic N) is 4. The van der Waals surface area contributed by atoms with Crippen LogP contribution in [0.2, 0.25) is 0 Å².